The Bertz CT molecular complexity index is 518. The first kappa shape index (κ1) is 11.3. The van der Waals surface area contributed by atoms with Gasteiger partial charge in [-0.05, 0) is 31.2 Å². The first-order chi connectivity index (χ1) is 8.24. The van der Waals surface area contributed by atoms with Gasteiger partial charge in [0.25, 0.3) is 0 Å². The van der Waals surface area contributed by atoms with Crippen molar-refractivity contribution < 1.29 is 9.53 Å². The Balaban J connectivity index is 2.53. The minimum atomic E-state index is -0.358. The number of nitrogens with zero attached hydrogens (tertiary/aromatic N) is 1. The number of aromatic nitrogens is 1. The van der Waals surface area contributed by atoms with E-state index >= 15 is 0 Å². The maximum Gasteiger partial charge on any atom is 0.340 e. The summed E-state index contributed by atoms with van der Waals surface area (Å²) < 4.78 is 6.82. The highest BCUT2D eigenvalue weighted by Crippen LogP contribution is 2.22. The fourth-order valence-electron chi connectivity index (χ4n) is 1.71. The van der Waals surface area contributed by atoms with E-state index in [2.05, 4.69) is 0 Å². The number of anilines is 1. The fraction of sp³-hybridized carbons (Fsp3) is 0.154. The summed E-state index contributed by atoms with van der Waals surface area (Å²) >= 11 is 0. The molecule has 0 unspecified atom stereocenters. The number of ether oxygens (including phenoxy) is 1. The van der Waals surface area contributed by atoms with E-state index in [9.17, 15) is 4.79 Å². The second-order valence-electron chi connectivity index (χ2n) is 3.55. The predicted octanol–water partition coefficient (Wildman–Crippen LogP) is 2.24. The first-order valence-electron chi connectivity index (χ1n) is 5.43. The van der Waals surface area contributed by atoms with Gasteiger partial charge in [-0.1, -0.05) is 6.07 Å². The number of hydrogen-bond donors (Lipinski definition) is 1. The summed E-state index contributed by atoms with van der Waals surface area (Å²) in [6.07, 6.45) is 3.68. The van der Waals surface area contributed by atoms with Crippen LogP contribution in [-0.4, -0.2) is 17.1 Å². The maximum atomic E-state index is 11.8. The molecule has 17 heavy (non-hydrogen) atoms. The lowest BCUT2D eigenvalue weighted by Gasteiger charge is -2.12. The molecule has 0 radical (unpaired) electrons. The molecule has 0 aliphatic heterocycles. The predicted molar refractivity (Wildman–Crippen MR) is 66.1 cm³/mol. The fourth-order valence-corrected chi connectivity index (χ4v) is 1.71. The van der Waals surface area contributed by atoms with E-state index in [-0.39, 0.29) is 5.97 Å². The number of rotatable bonds is 3. The molecule has 2 aromatic rings. The number of nitrogens with two attached hydrogens (primary N) is 1. The van der Waals surface area contributed by atoms with Crippen molar-refractivity contribution in [1.82, 2.24) is 4.57 Å². The highest BCUT2D eigenvalue weighted by atomic mass is 16.5. The van der Waals surface area contributed by atoms with E-state index in [1.807, 2.05) is 29.1 Å². The molecule has 2 N–H and O–H groups in total. The standard InChI is InChI=1S/C13H14N2O2/c1-2-17-13(16)10-6-5-7-11(14)12(10)15-8-3-4-9-15/h3-9H,2,14H2,1H3. The van der Waals surface area contributed by atoms with Gasteiger partial charge in [0.15, 0.2) is 0 Å². The minimum absolute atomic E-state index is 0.346. The van der Waals surface area contributed by atoms with E-state index in [0.29, 0.717) is 23.5 Å². The average Bonchev–Trinajstić information content (AvgIpc) is 2.82. The third-order valence-corrected chi connectivity index (χ3v) is 2.43. The van der Waals surface area contributed by atoms with Crippen molar-refractivity contribution in [3.8, 4) is 5.69 Å². The first-order valence-corrected chi connectivity index (χ1v) is 5.43. The van der Waals surface area contributed by atoms with Crippen molar-refractivity contribution in [3.63, 3.8) is 0 Å². The van der Waals surface area contributed by atoms with Gasteiger partial charge in [0.2, 0.25) is 0 Å². The Morgan fingerprint density at radius 1 is 1.29 bits per heavy atom. The molecule has 0 atom stereocenters. The van der Waals surface area contributed by atoms with Crippen molar-refractivity contribution >= 4 is 11.7 Å². The molecular weight excluding hydrogens is 216 g/mol. The van der Waals surface area contributed by atoms with Gasteiger partial charge in [-0.2, -0.15) is 0 Å². The smallest absolute Gasteiger partial charge is 0.340 e. The quantitative estimate of drug-likeness (QED) is 0.649. The van der Waals surface area contributed by atoms with E-state index in [1.165, 1.54) is 0 Å². The summed E-state index contributed by atoms with van der Waals surface area (Å²) in [5.41, 5.74) is 7.60. The summed E-state index contributed by atoms with van der Waals surface area (Å²) in [6.45, 7) is 2.12. The van der Waals surface area contributed by atoms with Crippen LogP contribution in [0.3, 0.4) is 0 Å². The van der Waals surface area contributed by atoms with Crippen LogP contribution in [0, 0.1) is 0 Å². The Kier molecular flexibility index (Phi) is 3.14. The zero-order chi connectivity index (χ0) is 12.3. The van der Waals surface area contributed by atoms with Crippen LogP contribution < -0.4 is 5.73 Å². The van der Waals surface area contributed by atoms with E-state index in [0.717, 1.165) is 0 Å². The van der Waals surface area contributed by atoms with Crippen LogP contribution in [0.1, 0.15) is 17.3 Å². The molecule has 0 amide bonds. The number of carbonyl (C=O) groups is 1. The maximum absolute atomic E-state index is 11.8. The zero-order valence-corrected chi connectivity index (χ0v) is 9.59. The number of hydrogen-bond acceptors (Lipinski definition) is 3. The average molecular weight is 230 g/mol. The SMILES string of the molecule is CCOC(=O)c1cccc(N)c1-n1cccc1. The molecule has 0 aliphatic carbocycles. The van der Waals surface area contributed by atoms with Crippen LogP contribution >= 0.6 is 0 Å². The van der Waals surface area contributed by atoms with E-state index in [1.54, 1.807) is 25.1 Å². The third kappa shape index (κ3) is 2.15. The summed E-state index contributed by atoms with van der Waals surface area (Å²) in [5.74, 6) is -0.358. The van der Waals surface area contributed by atoms with Crippen LogP contribution in [-0.2, 0) is 4.74 Å². The highest BCUT2D eigenvalue weighted by Gasteiger charge is 2.15. The minimum Gasteiger partial charge on any atom is -0.462 e. The molecule has 0 saturated carbocycles. The molecule has 1 aromatic heterocycles. The molecule has 4 heteroatoms. The molecule has 0 bridgehead atoms. The number of carbonyl (C=O) groups excluding carboxylic acids is 1. The summed E-state index contributed by atoms with van der Waals surface area (Å²) in [6, 6.07) is 8.97. The molecule has 0 aliphatic rings. The van der Waals surface area contributed by atoms with Gasteiger partial charge in [0.05, 0.1) is 23.5 Å². The zero-order valence-electron chi connectivity index (χ0n) is 9.59. The Labute approximate surface area is 99.6 Å². The summed E-state index contributed by atoms with van der Waals surface area (Å²) in [5, 5.41) is 0. The van der Waals surface area contributed by atoms with Crippen molar-refractivity contribution in [2.45, 2.75) is 6.92 Å². The third-order valence-electron chi connectivity index (χ3n) is 2.43. The van der Waals surface area contributed by atoms with E-state index in [4.69, 9.17) is 10.5 Å². The number of benzene rings is 1. The van der Waals surface area contributed by atoms with Crippen molar-refractivity contribution in [3.05, 3.63) is 48.3 Å². The topological polar surface area (TPSA) is 57.2 Å². The molecule has 0 spiro atoms. The molecule has 0 fully saturated rings. The normalized spacial score (nSPS) is 10.2. The molecule has 0 saturated heterocycles. The summed E-state index contributed by atoms with van der Waals surface area (Å²) in [4.78, 5) is 11.8. The molecule has 2 rings (SSSR count). The van der Waals surface area contributed by atoms with Crippen LogP contribution in [0.25, 0.3) is 5.69 Å². The van der Waals surface area contributed by atoms with Crippen molar-refractivity contribution in [2.24, 2.45) is 0 Å². The largest absolute Gasteiger partial charge is 0.462 e. The van der Waals surface area contributed by atoms with Crippen LogP contribution in [0.4, 0.5) is 5.69 Å². The lowest BCUT2D eigenvalue weighted by Crippen LogP contribution is -2.11. The monoisotopic (exact) mass is 230 g/mol. The van der Waals surface area contributed by atoms with Gasteiger partial charge in [0.1, 0.15) is 0 Å². The highest BCUT2D eigenvalue weighted by molar-refractivity contribution is 5.96. The number of para-hydroxylation sites is 1. The molecule has 4 nitrogen and oxygen atoms in total. The van der Waals surface area contributed by atoms with Gasteiger partial charge in [0, 0.05) is 12.4 Å². The van der Waals surface area contributed by atoms with Gasteiger partial charge < -0.3 is 15.0 Å². The van der Waals surface area contributed by atoms with Crippen LogP contribution in [0.5, 0.6) is 0 Å². The Morgan fingerprint density at radius 3 is 2.65 bits per heavy atom. The number of nitrogen functional groups attached to an aromatic ring is 1. The van der Waals surface area contributed by atoms with Crippen LogP contribution in [0.2, 0.25) is 0 Å². The van der Waals surface area contributed by atoms with Crippen molar-refractivity contribution in [2.75, 3.05) is 12.3 Å². The van der Waals surface area contributed by atoms with Crippen molar-refractivity contribution in [1.29, 1.82) is 0 Å². The second-order valence-corrected chi connectivity index (χ2v) is 3.55. The van der Waals surface area contributed by atoms with Gasteiger partial charge in [-0.25, -0.2) is 4.79 Å². The Morgan fingerprint density at radius 2 is 2.00 bits per heavy atom. The summed E-state index contributed by atoms with van der Waals surface area (Å²) in [7, 11) is 0. The number of esters is 1. The second kappa shape index (κ2) is 4.74. The molecule has 1 aromatic carbocycles. The van der Waals surface area contributed by atoms with Gasteiger partial charge >= 0.3 is 5.97 Å². The molecule has 88 valence electrons. The molecule has 1 heterocycles. The van der Waals surface area contributed by atoms with E-state index < -0.39 is 0 Å². The lowest BCUT2D eigenvalue weighted by atomic mass is 10.1. The van der Waals surface area contributed by atoms with Gasteiger partial charge in [-0.15, -0.1) is 0 Å². The Hall–Kier alpha value is -2.23. The van der Waals surface area contributed by atoms with Crippen LogP contribution in [0.15, 0.2) is 42.7 Å². The lowest BCUT2D eigenvalue weighted by molar-refractivity contribution is 0.0526. The van der Waals surface area contributed by atoms with Gasteiger partial charge in [-0.3, -0.25) is 0 Å². The molecular formula is C13H14N2O2.